The van der Waals surface area contributed by atoms with E-state index in [1.54, 1.807) is 24.3 Å². The van der Waals surface area contributed by atoms with Crippen molar-refractivity contribution in [2.45, 2.75) is 0 Å². The summed E-state index contributed by atoms with van der Waals surface area (Å²) in [5.74, 6) is -1.06. The van der Waals surface area contributed by atoms with Crippen LogP contribution >= 0.6 is 0 Å². The van der Waals surface area contributed by atoms with Crippen LogP contribution in [0.4, 0.5) is 17.1 Å². The highest BCUT2D eigenvalue weighted by Gasteiger charge is 2.11. The number of amides is 1. The lowest BCUT2D eigenvalue weighted by Gasteiger charge is -2.06. The molecule has 130 valence electrons. The number of furan rings is 1. The fourth-order valence-corrected chi connectivity index (χ4v) is 2.01. The number of nitrogens with zero attached hydrogens (tertiary/aromatic N) is 2. The molecular formula is C19H15N3O4. The van der Waals surface area contributed by atoms with E-state index in [1.165, 1.54) is 18.6 Å². The standard InChI is InChI=1S/C19H15N3O4/c23-18(13-26-19(24)14-10-11-25-12-14)20-15-6-8-17(9-7-15)22-21-16-4-2-1-3-5-16/h1-12H,13H2,(H,20,23). The van der Waals surface area contributed by atoms with Crippen LogP contribution in [-0.4, -0.2) is 18.5 Å². The normalized spacial score (nSPS) is 10.6. The van der Waals surface area contributed by atoms with Crippen molar-refractivity contribution < 1.29 is 18.7 Å². The van der Waals surface area contributed by atoms with Crippen molar-refractivity contribution in [3.63, 3.8) is 0 Å². The molecule has 0 spiro atoms. The lowest BCUT2D eigenvalue weighted by atomic mass is 10.3. The number of hydrogen-bond donors (Lipinski definition) is 1. The average molecular weight is 349 g/mol. The van der Waals surface area contributed by atoms with Crippen LogP contribution in [0.25, 0.3) is 0 Å². The Bertz CT molecular complexity index is 888. The molecule has 3 rings (SSSR count). The van der Waals surface area contributed by atoms with Gasteiger partial charge < -0.3 is 14.5 Å². The van der Waals surface area contributed by atoms with E-state index in [-0.39, 0.29) is 12.2 Å². The third kappa shape index (κ3) is 4.88. The van der Waals surface area contributed by atoms with Gasteiger partial charge in [0.2, 0.25) is 0 Å². The van der Waals surface area contributed by atoms with E-state index in [1.807, 2.05) is 30.3 Å². The van der Waals surface area contributed by atoms with E-state index in [2.05, 4.69) is 15.5 Å². The first-order chi connectivity index (χ1) is 12.7. The van der Waals surface area contributed by atoms with Crippen molar-refractivity contribution in [3.8, 4) is 0 Å². The van der Waals surface area contributed by atoms with Crippen LogP contribution < -0.4 is 5.32 Å². The Kier molecular flexibility index (Phi) is 5.51. The summed E-state index contributed by atoms with van der Waals surface area (Å²) < 4.78 is 9.67. The van der Waals surface area contributed by atoms with E-state index >= 15 is 0 Å². The molecule has 0 aliphatic rings. The van der Waals surface area contributed by atoms with E-state index in [0.29, 0.717) is 11.4 Å². The number of ether oxygens (including phenoxy) is 1. The average Bonchev–Trinajstić information content (AvgIpc) is 3.21. The molecule has 1 amide bonds. The number of anilines is 1. The van der Waals surface area contributed by atoms with Crippen molar-refractivity contribution >= 4 is 28.9 Å². The lowest BCUT2D eigenvalue weighted by molar-refractivity contribution is -0.119. The van der Waals surface area contributed by atoms with Gasteiger partial charge in [-0.05, 0) is 42.5 Å². The van der Waals surface area contributed by atoms with Gasteiger partial charge in [-0.3, -0.25) is 4.79 Å². The maximum Gasteiger partial charge on any atom is 0.341 e. The molecule has 0 aliphatic heterocycles. The van der Waals surface area contributed by atoms with Gasteiger partial charge in [-0.25, -0.2) is 4.79 Å². The van der Waals surface area contributed by atoms with E-state index < -0.39 is 11.9 Å². The summed E-state index contributed by atoms with van der Waals surface area (Å²) in [6, 6.07) is 17.7. The van der Waals surface area contributed by atoms with Crippen molar-refractivity contribution in [1.29, 1.82) is 0 Å². The molecule has 1 aromatic heterocycles. The number of carbonyl (C=O) groups is 2. The number of carbonyl (C=O) groups excluding carboxylic acids is 2. The summed E-state index contributed by atoms with van der Waals surface area (Å²) in [5.41, 5.74) is 2.22. The Labute approximate surface area is 149 Å². The molecule has 0 saturated heterocycles. The van der Waals surface area contributed by atoms with Crippen LogP contribution in [0.1, 0.15) is 10.4 Å². The molecular weight excluding hydrogens is 334 g/mol. The molecule has 0 atom stereocenters. The lowest BCUT2D eigenvalue weighted by Crippen LogP contribution is -2.20. The molecule has 1 heterocycles. The fraction of sp³-hybridized carbons (Fsp3) is 0.0526. The number of benzene rings is 2. The quantitative estimate of drug-likeness (QED) is 0.524. The fourth-order valence-electron chi connectivity index (χ4n) is 2.01. The highest BCUT2D eigenvalue weighted by molar-refractivity contribution is 5.95. The third-order valence-electron chi connectivity index (χ3n) is 3.28. The number of azo groups is 1. The van der Waals surface area contributed by atoms with E-state index in [0.717, 1.165) is 5.69 Å². The minimum atomic E-state index is -0.620. The summed E-state index contributed by atoms with van der Waals surface area (Å²) in [6.07, 6.45) is 2.61. The van der Waals surface area contributed by atoms with Gasteiger partial charge in [0.25, 0.3) is 5.91 Å². The molecule has 0 saturated carbocycles. The molecule has 2 aromatic carbocycles. The maximum absolute atomic E-state index is 11.8. The molecule has 1 N–H and O–H groups in total. The van der Waals surface area contributed by atoms with Gasteiger partial charge in [0, 0.05) is 5.69 Å². The van der Waals surface area contributed by atoms with Gasteiger partial charge in [-0.2, -0.15) is 10.2 Å². The highest BCUT2D eigenvalue weighted by Crippen LogP contribution is 2.20. The van der Waals surface area contributed by atoms with Gasteiger partial charge in [0.15, 0.2) is 6.61 Å². The van der Waals surface area contributed by atoms with Gasteiger partial charge in [0.05, 0.1) is 23.2 Å². The summed E-state index contributed by atoms with van der Waals surface area (Å²) in [7, 11) is 0. The van der Waals surface area contributed by atoms with Gasteiger partial charge in [-0.15, -0.1) is 0 Å². The second-order valence-electron chi connectivity index (χ2n) is 5.22. The summed E-state index contributed by atoms with van der Waals surface area (Å²) in [6.45, 7) is -0.389. The van der Waals surface area contributed by atoms with Gasteiger partial charge in [-0.1, -0.05) is 18.2 Å². The predicted octanol–water partition coefficient (Wildman–Crippen LogP) is 4.49. The minimum Gasteiger partial charge on any atom is -0.472 e. The topological polar surface area (TPSA) is 93.3 Å². The van der Waals surface area contributed by atoms with Crippen LogP contribution in [0.2, 0.25) is 0 Å². The molecule has 26 heavy (non-hydrogen) atoms. The smallest absolute Gasteiger partial charge is 0.341 e. The molecule has 0 radical (unpaired) electrons. The van der Waals surface area contributed by atoms with Gasteiger partial charge in [0.1, 0.15) is 6.26 Å². The Balaban J connectivity index is 1.50. The monoisotopic (exact) mass is 349 g/mol. The zero-order valence-electron chi connectivity index (χ0n) is 13.7. The van der Waals surface area contributed by atoms with Crippen molar-refractivity contribution in [3.05, 3.63) is 78.8 Å². The number of esters is 1. The first-order valence-corrected chi connectivity index (χ1v) is 7.77. The van der Waals surface area contributed by atoms with Crippen molar-refractivity contribution in [2.24, 2.45) is 10.2 Å². The summed E-state index contributed by atoms with van der Waals surface area (Å²) in [4.78, 5) is 23.4. The second kappa shape index (κ2) is 8.39. The summed E-state index contributed by atoms with van der Waals surface area (Å²) in [5, 5.41) is 10.9. The van der Waals surface area contributed by atoms with Crippen LogP contribution in [0.3, 0.4) is 0 Å². The minimum absolute atomic E-state index is 0.255. The first-order valence-electron chi connectivity index (χ1n) is 7.77. The largest absolute Gasteiger partial charge is 0.472 e. The Morgan fingerprint density at radius 1 is 0.923 bits per heavy atom. The maximum atomic E-state index is 11.8. The number of hydrogen-bond acceptors (Lipinski definition) is 6. The Morgan fingerprint density at radius 3 is 2.27 bits per heavy atom. The zero-order valence-corrected chi connectivity index (χ0v) is 13.7. The van der Waals surface area contributed by atoms with Crippen molar-refractivity contribution in [1.82, 2.24) is 0 Å². The molecule has 0 fully saturated rings. The van der Waals surface area contributed by atoms with Gasteiger partial charge >= 0.3 is 5.97 Å². The van der Waals surface area contributed by atoms with Crippen LogP contribution in [0.15, 0.2) is 87.8 Å². The molecule has 7 nitrogen and oxygen atoms in total. The second-order valence-corrected chi connectivity index (χ2v) is 5.22. The molecule has 7 heteroatoms. The Hall–Kier alpha value is -3.74. The zero-order chi connectivity index (χ0) is 18.2. The van der Waals surface area contributed by atoms with Crippen LogP contribution in [-0.2, 0) is 9.53 Å². The Morgan fingerprint density at radius 2 is 1.62 bits per heavy atom. The van der Waals surface area contributed by atoms with Crippen molar-refractivity contribution in [2.75, 3.05) is 11.9 Å². The predicted molar refractivity (Wildman–Crippen MR) is 94.7 cm³/mol. The number of rotatable bonds is 6. The SMILES string of the molecule is O=C(COC(=O)c1ccoc1)Nc1ccc(N=Nc2ccccc2)cc1. The molecule has 3 aromatic rings. The number of nitrogens with one attached hydrogen (secondary N) is 1. The first kappa shape index (κ1) is 17.1. The third-order valence-corrected chi connectivity index (χ3v) is 3.28. The van der Waals surface area contributed by atoms with E-state index in [9.17, 15) is 9.59 Å². The van der Waals surface area contributed by atoms with Crippen LogP contribution in [0, 0.1) is 0 Å². The molecule has 0 aliphatic carbocycles. The van der Waals surface area contributed by atoms with E-state index in [4.69, 9.17) is 9.15 Å². The highest BCUT2D eigenvalue weighted by atomic mass is 16.5. The summed E-state index contributed by atoms with van der Waals surface area (Å²) >= 11 is 0. The molecule has 0 unspecified atom stereocenters. The van der Waals surface area contributed by atoms with Crippen LogP contribution in [0.5, 0.6) is 0 Å². The molecule has 0 bridgehead atoms.